The monoisotopic (exact) mass is 311 g/mol. The zero-order valence-electron chi connectivity index (χ0n) is 14.8. The first-order valence-electron chi connectivity index (χ1n) is 8.67. The molecule has 2 fully saturated rings. The SMILES string of the molecule is COC(=O)CC[C@H]1CN(C2CCN(C)CC2)CC[C@H]1N(C)C. The summed E-state index contributed by atoms with van der Waals surface area (Å²) in [5.41, 5.74) is 0. The number of rotatable bonds is 5. The lowest BCUT2D eigenvalue weighted by atomic mass is 9.86. The molecule has 5 nitrogen and oxygen atoms in total. The summed E-state index contributed by atoms with van der Waals surface area (Å²) in [6, 6.07) is 1.33. The van der Waals surface area contributed by atoms with E-state index < -0.39 is 0 Å². The number of methoxy groups -OCH3 is 1. The lowest BCUT2D eigenvalue weighted by molar-refractivity contribution is -0.141. The van der Waals surface area contributed by atoms with Crippen LogP contribution < -0.4 is 0 Å². The Labute approximate surface area is 135 Å². The molecule has 0 bridgehead atoms. The van der Waals surface area contributed by atoms with E-state index in [9.17, 15) is 4.79 Å². The van der Waals surface area contributed by atoms with Gasteiger partial charge in [0.15, 0.2) is 0 Å². The molecule has 2 aliphatic heterocycles. The number of nitrogens with zero attached hydrogens (tertiary/aromatic N) is 3. The Balaban J connectivity index is 1.92. The number of piperidine rings is 2. The van der Waals surface area contributed by atoms with Gasteiger partial charge in [-0.05, 0) is 72.4 Å². The van der Waals surface area contributed by atoms with Crippen LogP contribution in [0.3, 0.4) is 0 Å². The highest BCUT2D eigenvalue weighted by Crippen LogP contribution is 2.28. The van der Waals surface area contributed by atoms with Crippen molar-refractivity contribution in [3.63, 3.8) is 0 Å². The Bertz CT molecular complexity index is 354. The molecule has 22 heavy (non-hydrogen) atoms. The smallest absolute Gasteiger partial charge is 0.305 e. The van der Waals surface area contributed by atoms with Crippen molar-refractivity contribution < 1.29 is 9.53 Å². The summed E-state index contributed by atoms with van der Waals surface area (Å²) in [5.74, 6) is 0.497. The lowest BCUT2D eigenvalue weighted by Gasteiger charge is -2.46. The summed E-state index contributed by atoms with van der Waals surface area (Å²) in [7, 11) is 8.03. The first-order valence-corrected chi connectivity index (χ1v) is 8.67. The molecule has 2 saturated heterocycles. The van der Waals surface area contributed by atoms with Crippen LogP contribution in [0.5, 0.6) is 0 Å². The molecule has 2 atom stereocenters. The van der Waals surface area contributed by atoms with Crippen LogP contribution in [0.25, 0.3) is 0 Å². The van der Waals surface area contributed by atoms with E-state index in [0.717, 1.165) is 19.0 Å². The van der Waals surface area contributed by atoms with Crippen LogP contribution in [0, 0.1) is 5.92 Å². The Morgan fingerprint density at radius 2 is 1.86 bits per heavy atom. The van der Waals surface area contributed by atoms with Crippen LogP contribution in [-0.4, -0.2) is 87.2 Å². The van der Waals surface area contributed by atoms with E-state index in [4.69, 9.17) is 4.74 Å². The number of ether oxygens (including phenoxy) is 1. The zero-order valence-corrected chi connectivity index (χ0v) is 14.8. The van der Waals surface area contributed by atoms with Crippen LogP contribution in [0.2, 0.25) is 0 Å². The van der Waals surface area contributed by atoms with Gasteiger partial charge in [-0.1, -0.05) is 0 Å². The number of carbonyl (C=O) groups excluding carboxylic acids is 1. The van der Waals surface area contributed by atoms with Gasteiger partial charge in [-0.2, -0.15) is 0 Å². The van der Waals surface area contributed by atoms with Gasteiger partial charge in [-0.25, -0.2) is 0 Å². The standard InChI is InChI=1S/C17H33N3O2/c1-18(2)16-9-12-20(15-7-10-19(3)11-8-15)13-14(16)5-6-17(21)22-4/h14-16H,5-13H2,1-4H3/t14-,16+/m0/s1. The second kappa shape index (κ2) is 8.27. The third-order valence-electron chi connectivity index (χ3n) is 5.54. The Hall–Kier alpha value is -0.650. The van der Waals surface area contributed by atoms with Crippen LogP contribution in [-0.2, 0) is 9.53 Å². The molecule has 2 heterocycles. The Morgan fingerprint density at radius 1 is 1.18 bits per heavy atom. The van der Waals surface area contributed by atoms with Crippen molar-refractivity contribution in [2.75, 3.05) is 54.4 Å². The summed E-state index contributed by atoms with van der Waals surface area (Å²) in [6.45, 7) is 4.76. The highest BCUT2D eigenvalue weighted by atomic mass is 16.5. The molecule has 128 valence electrons. The van der Waals surface area contributed by atoms with E-state index in [1.807, 2.05) is 0 Å². The van der Waals surface area contributed by atoms with E-state index in [1.165, 1.54) is 46.0 Å². The van der Waals surface area contributed by atoms with Gasteiger partial charge in [-0.15, -0.1) is 0 Å². The van der Waals surface area contributed by atoms with Gasteiger partial charge < -0.3 is 14.5 Å². The second-order valence-corrected chi connectivity index (χ2v) is 7.22. The quantitative estimate of drug-likeness (QED) is 0.715. The van der Waals surface area contributed by atoms with E-state index in [1.54, 1.807) is 0 Å². The van der Waals surface area contributed by atoms with Crippen LogP contribution >= 0.6 is 0 Å². The molecule has 0 N–H and O–H groups in total. The molecule has 0 spiro atoms. The van der Waals surface area contributed by atoms with Crippen molar-refractivity contribution in [1.82, 2.24) is 14.7 Å². The maximum absolute atomic E-state index is 11.5. The van der Waals surface area contributed by atoms with E-state index in [-0.39, 0.29) is 5.97 Å². The molecule has 5 heteroatoms. The first kappa shape index (κ1) is 17.7. The predicted octanol–water partition coefficient (Wildman–Crippen LogP) is 1.29. The summed E-state index contributed by atoms with van der Waals surface area (Å²) >= 11 is 0. The molecule has 0 aromatic heterocycles. The summed E-state index contributed by atoms with van der Waals surface area (Å²) < 4.78 is 4.82. The second-order valence-electron chi connectivity index (χ2n) is 7.22. The van der Waals surface area contributed by atoms with E-state index in [0.29, 0.717) is 18.4 Å². The third kappa shape index (κ3) is 4.67. The van der Waals surface area contributed by atoms with E-state index >= 15 is 0 Å². The van der Waals surface area contributed by atoms with E-state index in [2.05, 4.69) is 35.8 Å². The van der Waals surface area contributed by atoms with Gasteiger partial charge in [0.1, 0.15) is 0 Å². The number of hydrogen-bond donors (Lipinski definition) is 0. The lowest BCUT2D eigenvalue weighted by Crippen LogP contribution is -2.53. The maximum atomic E-state index is 11.5. The summed E-state index contributed by atoms with van der Waals surface area (Å²) in [4.78, 5) is 19.0. The van der Waals surface area contributed by atoms with Crippen LogP contribution in [0.1, 0.15) is 32.1 Å². The van der Waals surface area contributed by atoms with Crippen LogP contribution in [0.4, 0.5) is 0 Å². The van der Waals surface area contributed by atoms with Gasteiger partial charge in [-0.3, -0.25) is 9.69 Å². The number of esters is 1. The molecule has 0 aromatic carbocycles. The highest BCUT2D eigenvalue weighted by molar-refractivity contribution is 5.69. The highest BCUT2D eigenvalue weighted by Gasteiger charge is 2.34. The minimum Gasteiger partial charge on any atom is -0.469 e. The van der Waals surface area contributed by atoms with Crippen molar-refractivity contribution in [1.29, 1.82) is 0 Å². The van der Waals surface area contributed by atoms with Crippen molar-refractivity contribution in [3.05, 3.63) is 0 Å². The molecular formula is C17H33N3O2. The molecule has 0 radical (unpaired) electrons. The molecule has 0 aliphatic carbocycles. The fraction of sp³-hybridized carbons (Fsp3) is 0.941. The average Bonchev–Trinajstić information content (AvgIpc) is 2.52. The summed E-state index contributed by atoms with van der Waals surface area (Å²) in [5, 5.41) is 0. The third-order valence-corrected chi connectivity index (χ3v) is 5.54. The predicted molar refractivity (Wildman–Crippen MR) is 88.9 cm³/mol. The topological polar surface area (TPSA) is 36.0 Å². The first-order chi connectivity index (χ1) is 10.5. The molecule has 0 amide bonds. The summed E-state index contributed by atoms with van der Waals surface area (Å²) in [6.07, 6.45) is 5.27. The van der Waals surface area contributed by atoms with Crippen molar-refractivity contribution in [3.8, 4) is 0 Å². The largest absolute Gasteiger partial charge is 0.469 e. The van der Waals surface area contributed by atoms with Crippen molar-refractivity contribution >= 4 is 5.97 Å². The normalized spacial score (nSPS) is 29.0. The molecule has 0 unspecified atom stereocenters. The van der Waals surface area contributed by atoms with Gasteiger partial charge in [0.05, 0.1) is 7.11 Å². The minimum absolute atomic E-state index is 0.0751. The minimum atomic E-state index is -0.0751. The molecule has 2 rings (SSSR count). The number of carbonyl (C=O) groups is 1. The molecule has 0 aromatic rings. The molecule has 0 saturated carbocycles. The van der Waals surface area contributed by atoms with Crippen molar-refractivity contribution in [2.45, 2.75) is 44.2 Å². The van der Waals surface area contributed by atoms with Crippen LogP contribution in [0.15, 0.2) is 0 Å². The van der Waals surface area contributed by atoms with Gasteiger partial charge in [0.25, 0.3) is 0 Å². The average molecular weight is 311 g/mol. The molecule has 2 aliphatic rings. The fourth-order valence-corrected chi connectivity index (χ4v) is 4.11. The van der Waals surface area contributed by atoms with Crippen molar-refractivity contribution in [2.24, 2.45) is 5.92 Å². The maximum Gasteiger partial charge on any atom is 0.305 e. The van der Waals surface area contributed by atoms with Gasteiger partial charge >= 0.3 is 5.97 Å². The Morgan fingerprint density at radius 3 is 2.45 bits per heavy atom. The Kier molecular flexibility index (Phi) is 6.66. The zero-order chi connectivity index (χ0) is 16.1. The fourth-order valence-electron chi connectivity index (χ4n) is 4.11. The number of likely N-dealkylation sites (tertiary alicyclic amines) is 2. The number of hydrogen-bond acceptors (Lipinski definition) is 5. The van der Waals surface area contributed by atoms with Gasteiger partial charge in [0.2, 0.25) is 0 Å². The van der Waals surface area contributed by atoms with Gasteiger partial charge in [0, 0.05) is 25.0 Å². The molecular weight excluding hydrogens is 278 g/mol.